The molecule has 4 aliphatic rings. The van der Waals surface area contributed by atoms with Crippen LogP contribution in [0.2, 0.25) is 18.1 Å². The van der Waals surface area contributed by atoms with Gasteiger partial charge in [0.25, 0.3) is 0 Å². The van der Waals surface area contributed by atoms with E-state index in [9.17, 15) is 18.0 Å². The molecule has 0 unspecified atom stereocenters. The lowest BCUT2D eigenvalue weighted by atomic mass is 9.58. The van der Waals surface area contributed by atoms with Gasteiger partial charge in [-0.15, -0.1) is 0 Å². The van der Waals surface area contributed by atoms with Crippen molar-refractivity contribution in [2.45, 2.75) is 81.2 Å². The molecule has 0 N–H and O–H groups in total. The lowest BCUT2D eigenvalue weighted by Gasteiger charge is -2.57. The predicted molar refractivity (Wildman–Crippen MR) is 137 cm³/mol. The highest BCUT2D eigenvalue weighted by Crippen LogP contribution is 2.61. The summed E-state index contributed by atoms with van der Waals surface area (Å²) in [5, 5.41) is -0.0280. The van der Waals surface area contributed by atoms with E-state index in [1.54, 1.807) is 29.2 Å². The number of aldehydes is 1. The number of ether oxygens (including phenoxy) is 1. The lowest BCUT2D eigenvalue weighted by Crippen LogP contribution is -2.73. The molecule has 1 spiro atoms. The van der Waals surface area contributed by atoms with Crippen LogP contribution in [0.25, 0.3) is 0 Å². The first-order valence-corrected chi connectivity index (χ1v) is 17.3. The van der Waals surface area contributed by atoms with Crippen molar-refractivity contribution in [2.24, 2.45) is 17.8 Å². The summed E-state index contributed by atoms with van der Waals surface area (Å²) in [6.45, 7) is 13.7. The molecular weight excluding hydrogens is 496 g/mol. The Labute approximate surface area is 215 Å². The molecule has 0 radical (unpaired) electrons. The zero-order valence-electron chi connectivity index (χ0n) is 22.1. The Kier molecular flexibility index (Phi) is 6.02. The molecule has 4 fully saturated rings. The van der Waals surface area contributed by atoms with Crippen LogP contribution in [0.1, 0.15) is 39.2 Å². The van der Waals surface area contributed by atoms with Gasteiger partial charge in [-0.1, -0.05) is 38.5 Å². The minimum absolute atomic E-state index is 0.0280. The van der Waals surface area contributed by atoms with Gasteiger partial charge >= 0.3 is 6.09 Å². The molecule has 1 aromatic carbocycles. The number of benzene rings is 1. The number of aryl methyl sites for hydroxylation is 1. The number of hydrogen-bond donors (Lipinski definition) is 0. The number of carbonyl (C=O) groups excluding carboxylic acids is 2. The largest absolute Gasteiger partial charge is 0.441 e. The summed E-state index contributed by atoms with van der Waals surface area (Å²) in [4.78, 5) is 27.6. The zero-order chi connectivity index (χ0) is 26.3. The van der Waals surface area contributed by atoms with Crippen LogP contribution in [-0.2, 0) is 24.0 Å². The van der Waals surface area contributed by atoms with Gasteiger partial charge in [0, 0.05) is 19.0 Å². The Morgan fingerprint density at radius 3 is 2.50 bits per heavy atom. The average Bonchev–Trinajstić information content (AvgIpc) is 3.19. The first-order valence-electron chi connectivity index (χ1n) is 12.9. The van der Waals surface area contributed by atoms with E-state index in [2.05, 4.69) is 33.9 Å². The number of carbonyl (C=O) groups is 2. The van der Waals surface area contributed by atoms with Crippen molar-refractivity contribution in [3.8, 4) is 0 Å². The van der Waals surface area contributed by atoms with Crippen LogP contribution in [0, 0.1) is 24.7 Å². The van der Waals surface area contributed by atoms with Gasteiger partial charge in [-0.3, -0.25) is 4.90 Å². The van der Waals surface area contributed by atoms with Crippen LogP contribution in [-0.4, -0.2) is 75.7 Å². The van der Waals surface area contributed by atoms with Gasteiger partial charge in [-0.2, -0.15) is 4.31 Å². The molecule has 1 saturated carbocycles. The fourth-order valence-electron chi connectivity index (χ4n) is 6.88. The zero-order valence-corrected chi connectivity index (χ0v) is 23.9. The Morgan fingerprint density at radius 2 is 1.89 bits per heavy atom. The van der Waals surface area contributed by atoms with E-state index in [1.165, 1.54) is 4.31 Å². The van der Waals surface area contributed by atoms with E-state index in [4.69, 9.17) is 9.16 Å². The van der Waals surface area contributed by atoms with E-state index in [1.807, 2.05) is 6.92 Å². The van der Waals surface area contributed by atoms with Gasteiger partial charge in [-0.05, 0) is 61.9 Å². The lowest BCUT2D eigenvalue weighted by molar-refractivity contribution is -0.124. The van der Waals surface area contributed by atoms with E-state index in [-0.39, 0.29) is 28.4 Å². The Balaban J connectivity index is 1.59. The van der Waals surface area contributed by atoms with Gasteiger partial charge < -0.3 is 14.0 Å². The van der Waals surface area contributed by atoms with Gasteiger partial charge in [-0.25, -0.2) is 13.2 Å². The van der Waals surface area contributed by atoms with Crippen molar-refractivity contribution in [1.29, 1.82) is 0 Å². The average molecular weight is 535 g/mol. The van der Waals surface area contributed by atoms with Crippen molar-refractivity contribution >= 4 is 30.7 Å². The van der Waals surface area contributed by atoms with E-state index in [0.29, 0.717) is 25.9 Å². The molecule has 8 nitrogen and oxygen atoms in total. The van der Waals surface area contributed by atoms with Crippen molar-refractivity contribution in [3.63, 3.8) is 0 Å². The molecule has 1 amide bonds. The van der Waals surface area contributed by atoms with E-state index >= 15 is 0 Å². The summed E-state index contributed by atoms with van der Waals surface area (Å²) in [7, 11) is -6.07. The van der Waals surface area contributed by atoms with Crippen molar-refractivity contribution in [2.75, 3.05) is 19.7 Å². The summed E-state index contributed by atoms with van der Waals surface area (Å²) < 4.78 is 42.0. The number of nitrogens with zero attached hydrogens (tertiary/aromatic N) is 2. The summed E-state index contributed by atoms with van der Waals surface area (Å²) in [6.07, 6.45) is 1.06. The monoisotopic (exact) mass is 534 g/mol. The van der Waals surface area contributed by atoms with Crippen LogP contribution in [0.5, 0.6) is 0 Å². The molecule has 1 aromatic rings. The number of rotatable bonds is 6. The smallest absolute Gasteiger partial charge is 0.410 e. The van der Waals surface area contributed by atoms with Gasteiger partial charge in [0.15, 0.2) is 14.4 Å². The van der Waals surface area contributed by atoms with Crippen molar-refractivity contribution < 1.29 is 27.2 Å². The topological polar surface area (TPSA) is 93.2 Å². The second-order valence-corrected chi connectivity index (χ2v) is 19.2. The predicted octanol–water partition coefficient (Wildman–Crippen LogP) is 3.80. The first kappa shape index (κ1) is 25.9. The maximum Gasteiger partial charge on any atom is 0.410 e. The molecule has 6 atom stereocenters. The summed E-state index contributed by atoms with van der Waals surface area (Å²) >= 11 is 0. The van der Waals surface area contributed by atoms with Gasteiger partial charge in [0.1, 0.15) is 11.8 Å². The Bertz CT molecular complexity index is 1160. The number of piperidine rings is 1. The normalized spacial score (nSPS) is 34.4. The van der Waals surface area contributed by atoms with Gasteiger partial charge in [0.2, 0.25) is 10.0 Å². The van der Waals surface area contributed by atoms with E-state index < -0.39 is 48.0 Å². The molecule has 0 aromatic heterocycles. The minimum Gasteiger partial charge on any atom is -0.441 e. The quantitative estimate of drug-likeness (QED) is 0.407. The van der Waals surface area contributed by atoms with Crippen LogP contribution >= 0.6 is 0 Å². The molecule has 1 aliphatic carbocycles. The number of sulfonamides is 1. The highest BCUT2D eigenvalue weighted by Gasteiger charge is 2.75. The summed E-state index contributed by atoms with van der Waals surface area (Å²) in [6, 6.07) is 6.13. The summed E-state index contributed by atoms with van der Waals surface area (Å²) in [5.41, 5.74) is 0.0707. The highest BCUT2D eigenvalue weighted by molar-refractivity contribution is 7.89. The Hall–Kier alpha value is -1.75. The summed E-state index contributed by atoms with van der Waals surface area (Å²) in [5.74, 6) is -0.284. The maximum absolute atomic E-state index is 14.0. The van der Waals surface area contributed by atoms with E-state index in [0.717, 1.165) is 11.8 Å². The molecule has 4 bridgehead atoms. The fourth-order valence-corrected chi connectivity index (χ4v) is 9.60. The van der Waals surface area contributed by atoms with Crippen molar-refractivity contribution in [1.82, 2.24) is 9.21 Å². The number of cyclic esters (lactones) is 1. The molecule has 198 valence electrons. The van der Waals surface area contributed by atoms with Crippen LogP contribution in [0.15, 0.2) is 29.2 Å². The maximum atomic E-state index is 14.0. The van der Waals surface area contributed by atoms with Crippen LogP contribution in [0.4, 0.5) is 4.79 Å². The molecule has 5 rings (SSSR count). The molecule has 10 heteroatoms. The molecule has 36 heavy (non-hydrogen) atoms. The van der Waals surface area contributed by atoms with Crippen molar-refractivity contribution in [3.05, 3.63) is 29.8 Å². The minimum atomic E-state index is -3.90. The van der Waals surface area contributed by atoms with Gasteiger partial charge in [0.05, 0.1) is 17.5 Å². The van der Waals surface area contributed by atoms with Crippen LogP contribution < -0.4 is 0 Å². The Morgan fingerprint density at radius 1 is 1.22 bits per heavy atom. The molecular formula is C26H38N2O6SSi. The second-order valence-electron chi connectivity index (χ2n) is 12.5. The third kappa shape index (κ3) is 3.54. The van der Waals surface area contributed by atoms with Crippen LogP contribution in [0.3, 0.4) is 0 Å². The highest BCUT2D eigenvalue weighted by atomic mass is 32.2. The standard InChI is InChI=1S/C26H38N2O6SSi/c1-17-7-9-20(10-8-17)35(31,32)28-12-11-21-18-13-19(15-29)23(28)26(21)22(34-24(30)27(26)14-18)16-33-36(5,6)25(2,3)4/h7-10,15,18-19,21-23H,11-14,16H2,1-6H3/t18-,19+,21+,22+,23-,26+/m0/s1. The SMILES string of the molecule is Cc1ccc(S(=O)(=O)N2CC[C@@H]3[C@H]4C[C@H](C=O)[C@H]2[C@]32[C@@H](CO[Si](C)(C)C(C)(C)C)OC(=O)N2C4)cc1. The number of hydrogen-bond acceptors (Lipinski definition) is 6. The second kappa shape index (κ2) is 8.38. The fraction of sp³-hybridized carbons (Fsp3) is 0.692. The third-order valence-corrected chi connectivity index (χ3v) is 16.1. The molecule has 3 heterocycles. The third-order valence-electron chi connectivity index (χ3n) is 9.66. The number of amides is 1. The first-order chi connectivity index (χ1) is 16.7. The molecule has 3 saturated heterocycles. The molecule has 3 aliphatic heterocycles.